The summed E-state index contributed by atoms with van der Waals surface area (Å²) in [5.74, 6) is -1.22. The highest BCUT2D eigenvalue weighted by atomic mass is 16.4. The number of carboxylic acids is 1. The second kappa shape index (κ2) is 6.43. The average Bonchev–Trinajstić information content (AvgIpc) is 3.19. The smallest absolute Gasteiger partial charge is 0.358 e. The van der Waals surface area contributed by atoms with Gasteiger partial charge in [0.1, 0.15) is 6.54 Å². The van der Waals surface area contributed by atoms with Gasteiger partial charge in [0, 0.05) is 6.54 Å². The summed E-state index contributed by atoms with van der Waals surface area (Å²) in [6.45, 7) is 4.87. The van der Waals surface area contributed by atoms with E-state index >= 15 is 0 Å². The van der Waals surface area contributed by atoms with Crippen LogP contribution in [0, 0.1) is 13.8 Å². The topological polar surface area (TPSA) is 88.3 Å². The molecule has 1 unspecified atom stereocenters. The van der Waals surface area contributed by atoms with Crippen LogP contribution in [-0.4, -0.2) is 43.4 Å². The zero-order valence-electron chi connectivity index (χ0n) is 13.8. The Kier molecular flexibility index (Phi) is 4.33. The summed E-state index contributed by atoms with van der Waals surface area (Å²) in [6, 6.07) is 6.24. The second-order valence-electron chi connectivity index (χ2n) is 6.14. The highest BCUT2D eigenvalue weighted by Crippen LogP contribution is 2.34. The molecule has 0 spiro atoms. The van der Waals surface area contributed by atoms with Crippen LogP contribution in [0.5, 0.6) is 0 Å². The van der Waals surface area contributed by atoms with Crippen molar-refractivity contribution in [1.29, 1.82) is 0 Å². The SMILES string of the molecule is Cc1cccc(C2CCCN2C(=O)Cn2cc(C(=O)O)nn2)c1C. The summed E-state index contributed by atoms with van der Waals surface area (Å²) in [4.78, 5) is 25.4. The van der Waals surface area contributed by atoms with Gasteiger partial charge in [0.2, 0.25) is 5.91 Å². The van der Waals surface area contributed by atoms with Crippen LogP contribution in [0.15, 0.2) is 24.4 Å². The summed E-state index contributed by atoms with van der Waals surface area (Å²) in [6.07, 6.45) is 3.18. The van der Waals surface area contributed by atoms with E-state index in [9.17, 15) is 9.59 Å². The molecule has 0 radical (unpaired) electrons. The number of benzene rings is 1. The molecule has 1 N–H and O–H groups in total. The summed E-state index contributed by atoms with van der Waals surface area (Å²) in [5.41, 5.74) is 3.46. The predicted molar refractivity (Wildman–Crippen MR) is 86.6 cm³/mol. The Morgan fingerprint density at radius 1 is 1.33 bits per heavy atom. The predicted octanol–water partition coefficient (Wildman–Crippen LogP) is 1.96. The molecule has 0 saturated carbocycles. The second-order valence-corrected chi connectivity index (χ2v) is 6.14. The molecule has 2 heterocycles. The van der Waals surface area contributed by atoms with Crippen LogP contribution in [0.3, 0.4) is 0 Å². The van der Waals surface area contributed by atoms with Crippen LogP contribution in [-0.2, 0) is 11.3 Å². The minimum Gasteiger partial charge on any atom is -0.476 e. The fourth-order valence-corrected chi connectivity index (χ4v) is 3.23. The van der Waals surface area contributed by atoms with E-state index in [0.717, 1.165) is 12.8 Å². The van der Waals surface area contributed by atoms with E-state index in [4.69, 9.17) is 5.11 Å². The Bertz CT molecular complexity index is 784. The van der Waals surface area contributed by atoms with Crippen LogP contribution >= 0.6 is 0 Å². The number of nitrogens with zero attached hydrogens (tertiary/aromatic N) is 4. The first-order valence-electron chi connectivity index (χ1n) is 7.96. The zero-order valence-corrected chi connectivity index (χ0v) is 13.8. The largest absolute Gasteiger partial charge is 0.476 e. The van der Waals surface area contributed by atoms with Gasteiger partial charge in [0.15, 0.2) is 5.69 Å². The molecule has 1 aliphatic heterocycles. The van der Waals surface area contributed by atoms with E-state index < -0.39 is 5.97 Å². The first-order chi connectivity index (χ1) is 11.5. The van der Waals surface area contributed by atoms with Gasteiger partial charge in [-0.05, 0) is 43.4 Å². The minimum absolute atomic E-state index is 0.00163. The number of likely N-dealkylation sites (tertiary alicyclic amines) is 1. The van der Waals surface area contributed by atoms with Crippen molar-refractivity contribution >= 4 is 11.9 Å². The third kappa shape index (κ3) is 3.02. The number of aromatic carboxylic acids is 1. The molecular formula is C17H20N4O3. The van der Waals surface area contributed by atoms with Crippen molar-refractivity contribution in [3.63, 3.8) is 0 Å². The lowest BCUT2D eigenvalue weighted by atomic mass is 9.96. The molecule has 1 aromatic carbocycles. The van der Waals surface area contributed by atoms with Crippen molar-refractivity contribution < 1.29 is 14.7 Å². The maximum absolute atomic E-state index is 12.7. The summed E-state index contributed by atoms with van der Waals surface area (Å²) < 4.78 is 1.28. The monoisotopic (exact) mass is 328 g/mol. The molecule has 24 heavy (non-hydrogen) atoms. The lowest BCUT2D eigenvalue weighted by molar-refractivity contribution is -0.133. The Balaban J connectivity index is 1.78. The van der Waals surface area contributed by atoms with E-state index in [0.29, 0.717) is 6.54 Å². The van der Waals surface area contributed by atoms with E-state index in [-0.39, 0.29) is 24.2 Å². The first-order valence-corrected chi connectivity index (χ1v) is 7.96. The quantitative estimate of drug-likeness (QED) is 0.927. The molecule has 1 atom stereocenters. The molecule has 1 aromatic heterocycles. The number of aromatic nitrogens is 3. The van der Waals surface area contributed by atoms with Crippen LogP contribution < -0.4 is 0 Å². The van der Waals surface area contributed by atoms with Gasteiger partial charge in [-0.25, -0.2) is 9.48 Å². The number of rotatable bonds is 4. The summed E-state index contributed by atoms with van der Waals surface area (Å²) >= 11 is 0. The van der Waals surface area contributed by atoms with Crippen LogP contribution in [0.1, 0.15) is 46.1 Å². The molecule has 1 fully saturated rings. The molecule has 1 saturated heterocycles. The normalized spacial score (nSPS) is 17.2. The van der Waals surface area contributed by atoms with E-state index in [1.54, 1.807) is 0 Å². The molecule has 2 aromatic rings. The first kappa shape index (κ1) is 16.2. The van der Waals surface area contributed by atoms with Crippen molar-refractivity contribution in [3.05, 3.63) is 46.8 Å². The van der Waals surface area contributed by atoms with Crippen molar-refractivity contribution in [3.8, 4) is 0 Å². The van der Waals surface area contributed by atoms with Gasteiger partial charge in [0.25, 0.3) is 0 Å². The van der Waals surface area contributed by atoms with Crippen molar-refractivity contribution in [1.82, 2.24) is 19.9 Å². The van der Waals surface area contributed by atoms with Crippen LogP contribution in [0.4, 0.5) is 0 Å². The molecule has 0 aliphatic carbocycles. The standard InChI is InChI=1S/C17H20N4O3/c1-11-5-3-6-13(12(11)2)15-7-4-8-21(15)16(22)10-20-9-14(17(23)24)18-19-20/h3,5-6,9,15H,4,7-8,10H2,1-2H3,(H,23,24). The number of aryl methyl sites for hydroxylation is 1. The van der Waals surface area contributed by atoms with E-state index in [2.05, 4.69) is 36.3 Å². The molecule has 1 aliphatic rings. The van der Waals surface area contributed by atoms with Crippen molar-refractivity contribution in [2.45, 2.75) is 39.3 Å². The van der Waals surface area contributed by atoms with E-state index in [1.165, 1.54) is 27.6 Å². The van der Waals surface area contributed by atoms with Gasteiger partial charge in [-0.15, -0.1) is 5.10 Å². The average molecular weight is 328 g/mol. The summed E-state index contributed by atoms with van der Waals surface area (Å²) in [5, 5.41) is 16.1. The maximum Gasteiger partial charge on any atom is 0.358 e. The van der Waals surface area contributed by atoms with Crippen LogP contribution in [0.25, 0.3) is 0 Å². The fraction of sp³-hybridized carbons (Fsp3) is 0.412. The molecule has 3 rings (SSSR count). The van der Waals surface area contributed by atoms with Crippen LogP contribution in [0.2, 0.25) is 0 Å². The molecular weight excluding hydrogens is 308 g/mol. The highest BCUT2D eigenvalue weighted by Gasteiger charge is 2.31. The number of amides is 1. The summed E-state index contributed by atoms with van der Waals surface area (Å²) in [7, 11) is 0. The number of hydrogen-bond donors (Lipinski definition) is 1. The number of carbonyl (C=O) groups excluding carboxylic acids is 1. The number of hydrogen-bond acceptors (Lipinski definition) is 4. The van der Waals surface area contributed by atoms with Gasteiger partial charge in [-0.1, -0.05) is 23.4 Å². The molecule has 7 heteroatoms. The molecule has 0 bridgehead atoms. The minimum atomic E-state index is -1.15. The maximum atomic E-state index is 12.7. The molecule has 7 nitrogen and oxygen atoms in total. The highest BCUT2D eigenvalue weighted by molar-refractivity contribution is 5.84. The number of carboxylic acid groups (broad SMARTS) is 1. The Morgan fingerprint density at radius 3 is 2.83 bits per heavy atom. The zero-order chi connectivity index (χ0) is 17.3. The third-order valence-electron chi connectivity index (χ3n) is 4.63. The Hall–Kier alpha value is -2.70. The van der Waals surface area contributed by atoms with Crippen molar-refractivity contribution in [2.75, 3.05) is 6.54 Å². The van der Waals surface area contributed by atoms with E-state index in [1.807, 2.05) is 11.0 Å². The van der Waals surface area contributed by atoms with Gasteiger partial charge in [0.05, 0.1) is 12.2 Å². The van der Waals surface area contributed by atoms with Gasteiger partial charge >= 0.3 is 5.97 Å². The third-order valence-corrected chi connectivity index (χ3v) is 4.63. The van der Waals surface area contributed by atoms with Gasteiger partial charge in [-0.3, -0.25) is 4.79 Å². The molecule has 1 amide bonds. The Labute approximate surface area is 139 Å². The Morgan fingerprint density at radius 2 is 2.12 bits per heavy atom. The fourth-order valence-electron chi connectivity index (χ4n) is 3.23. The lowest BCUT2D eigenvalue weighted by Gasteiger charge is -2.26. The lowest BCUT2D eigenvalue weighted by Crippen LogP contribution is -2.34. The molecule has 126 valence electrons. The van der Waals surface area contributed by atoms with Crippen molar-refractivity contribution in [2.24, 2.45) is 0 Å². The number of carbonyl (C=O) groups is 2. The van der Waals surface area contributed by atoms with Gasteiger partial charge < -0.3 is 10.0 Å². The van der Waals surface area contributed by atoms with Gasteiger partial charge in [-0.2, -0.15) is 0 Å².